The lowest BCUT2D eigenvalue weighted by atomic mass is 10.1. The standard InChI is InChI=1S/C9H15N3O4/c10-5(3-6(11)13)8(14)12-7(9(15)16)4-1-2-4/h4-5,7H,1-3,10H2,(H2,11,13)(H,12,14)(H,15,16). The minimum Gasteiger partial charge on any atom is -0.480 e. The first kappa shape index (κ1) is 12.4. The van der Waals surface area contributed by atoms with Crippen molar-refractivity contribution in [2.75, 3.05) is 0 Å². The second kappa shape index (κ2) is 4.93. The first-order chi connectivity index (χ1) is 7.41. The smallest absolute Gasteiger partial charge is 0.326 e. The van der Waals surface area contributed by atoms with E-state index in [4.69, 9.17) is 16.6 Å². The van der Waals surface area contributed by atoms with Gasteiger partial charge >= 0.3 is 5.97 Å². The second-order valence-electron chi connectivity index (χ2n) is 3.94. The SMILES string of the molecule is NC(=O)CC(N)C(=O)NC(C(=O)O)C1CC1. The van der Waals surface area contributed by atoms with E-state index in [2.05, 4.69) is 5.32 Å². The molecule has 90 valence electrons. The summed E-state index contributed by atoms with van der Waals surface area (Å²) in [6.45, 7) is 0. The van der Waals surface area contributed by atoms with Gasteiger partial charge in [-0.1, -0.05) is 0 Å². The molecule has 0 aromatic heterocycles. The molecule has 2 atom stereocenters. The number of nitrogens with two attached hydrogens (primary N) is 2. The lowest BCUT2D eigenvalue weighted by molar-refractivity contribution is -0.142. The Kier molecular flexibility index (Phi) is 3.83. The largest absolute Gasteiger partial charge is 0.480 e. The number of hydrogen-bond donors (Lipinski definition) is 4. The highest BCUT2D eigenvalue weighted by Crippen LogP contribution is 2.32. The van der Waals surface area contributed by atoms with Crippen molar-refractivity contribution < 1.29 is 19.5 Å². The average Bonchev–Trinajstić information content (AvgIpc) is 2.95. The first-order valence-electron chi connectivity index (χ1n) is 4.99. The van der Waals surface area contributed by atoms with Crippen molar-refractivity contribution in [1.82, 2.24) is 5.32 Å². The van der Waals surface area contributed by atoms with E-state index in [-0.39, 0.29) is 12.3 Å². The topological polar surface area (TPSA) is 136 Å². The van der Waals surface area contributed by atoms with Gasteiger partial charge < -0.3 is 21.9 Å². The molecular weight excluding hydrogens is 214 g/mol. The van der Waals surface area contributed by atoms with Crippen LogP contribution in [-0.2, 0) is 14.4 Å². The molecule has 0 heterocycles. The van der Waals surface area contributed by atoms with Gasteiger partial charge in [0, 0.05) is 0 Å². The van der Waals surface area contributed by atoms with Gasteiger partial charge in [0.25, 0.3) is 0 Å². The summed E-state index contributed by atoms with van der Waals surface area (Å²) in [6.07, 6.45) is 1.27. The molecule has 1 saturated carbocycles. The number of hydrogen-bond acceptors (Lipinski definition) is 4. The van der Waals surface area contributed by atoms with Crippen molar-refractivity contribution in [3.05, 3.63) is 0 Å². The van der Waals surface area contributed by atoms with E-state index in [1.165, 1.54) is 0 Å². The van der Waals surface area contributed by atoms with Gasteiger partial charge in [-0.2, -0.15) is 0 Å². The average molecular weight is 229 g/mol. The summed E-state index contributed by atoms with van der Waals surface area (Å²) in [7, 11) is 0. The lowest BCUT2D eigenvalue weighted by Crippen LogP contribution is -2.50. The van der Waals surface area contributed by atoms with Crippen LogP contribution in [0.2, 0.25) is 0 Å². The Morgan fingerprint density at radius 2 is 1.94 bits per heavy atom. The Morgan fingerprint density at radius 3 is 2.31 bits per heavy atom. The molecule has 7 heteroatoms. The van der Waals surface area contributed by atoms with E-state index in [0.717, 1.165) is 12.8 Å². The third-order valence-electron chi connectivity index (χ3n) is 2.42. The molecule has 0 aromatic carbocycles. The molecule has 0 aliphatic heterocycles. The molecule has 0 radical (unpaired) electrons. The number of primary amides is 1. The number of carboxylic acid groups (broad SMARTS) is 1. The molecule has 0 saturated heterocycles. The van der Waals surface area contributed by atoms with E-state index >= 15 is 0 Å². The Bertz CT molecular complexity index is 314. The Labute approximate surface area is 92.2 Å². The van der Waals surface area contributed by atoms with Gasteiger partial charge in [0.1, 0.15) is 6.04 Å². The van der Waals surface area contributed by atoms with Crippen LogP contribution in [0.25, 0.3) is 0 Å². The number of nitrogens with one attached hydrogen (secondary N) is 1. The summed E-state index contributed by atoms with van der Waals surface area (Å²) < 4.78 is 0. The van der Waals surface area contributed by atoms with Gasteiger partial charge in [-0.3, -0.25) is 9.59 Å². The molecule has 0 bridgehead atoms. The van der Waals surface area contributed by atoms with Crippen LogP contribution in [0.3, 0.4) is 0 Å². The Balaban J connectivity index is 2.47. The molecule has 0 aromatic rings. The number of aliphatic carboxylic acids is 1. The van der Waals surface area contributed by atoms with Crippen LogP contribution in [0.15, 0.2) is 0 Å². The van der Waals surface area contributed by atoms with E-state index in [0.29, 0.717) is 0 Å². The zero-order chi connectivity index (χ0) is 12.3. The molecule has 6 N–H and O–H groups in total. The van der Waals surface area contributed by atoms with Crippen molar-refractivity contribution in [2.45, 2.75) is 31.3 Å². The molecule has 16 heavy (non-hydrogen) atoms. The maximum Gasteiger partial charge on any atom is 0.326 e. The lowest BCUT2D eigenvalue weighted by Gasteiger charge is -2.16. The minimum absolute atomic E-state index is 0.0257. The molecular formula is C9H15N3O4. The van der Waals surface area contributed by atoms with Gasteiger partial charge in [0.05, 0.1) is 12.5 Å². The molecule has 2 unspecified atom stereocenters. The molecule has 1 aliphatic rings. The summed E-state index contributed by atoms with van der Waals surface area (Å²) in [6, 6.07) is -2.00. The van der Waals surface area contributed by atoms with Crippen LogP contribution >= 0.6 is 0 Å². The fraction of sp³-hybridized carbons (Fsp3) is 0.667. The van der Waals surface area contributed by atoms with Crippen molar-refractivity contribution in [2.24, 2.45) is 17.4 Å². The van der Waals surface area contributed by atoms with Crippen LogP contribution in [0, 0.1) is 5.92 Å². The van der Waals surface area contributed by atoms with E-state index in [9.17, 15) is 14.4 Å². The molecule has 1 rings (SSSR count). The summed E-state index contributed by atoms with van der Waals surface area (Å²) in [5.74, 6) is -2.46. The summed E-state index contributed by atoms with van der Waals surface area (Å²) in [5, 5.41) is 11.2. The van der Waals surface area contributed by atoms with E-state index in [1.54, 1.807) is 0 Å². The molecule has 1 fully saturated rings. The predicted molar refractivity (Wildman–Crippen MR) is 54.1 cm³/mol. The number of amides is 2. The number of carbonyl (C=O) groups is 3. The fourth-order valence-corrected chi connectivity index (χ4v) is 1.38. The van der Waals surface area contributed by atoms with Gasteiger partial charge in [-0.25, -0.2) is 4.79 Å². The van der Waals surface area contributed by atoms with Crippen LogP contribution in [-0.4, -0.2) is 35.0 Å². The number of carbonyl (C=O) groups excluding carboxylic acids is 2. The van der Waals surface area contributed by atoms with Crippen LogP contribution < -0.4 is 16.8 Å². The normalized spacial score (nSPS) is 18.6. The highest BCUT2D eigenvalue weighted by molar-refractivity contribution is 5.90. The Morgan fingerprint density at radius 1 is 1.38 bits per heavy atom. The van der Waals surface area contributed by atoms with Crippen molar-refractivity contribution in [3.8, 4) is 0 Å². The van der Waals surface area contributed by atoms with Gasteiger partial charge in [-0.05, 0) is 18.8 Å². The predicted octanol–water partition coefficient (Wildman–Crippen LogP) is -1.83. The highest BCUT2D eigenvalue weighted by atomic mass is 16.4. The number of rotatable bonds is 6. The van der Waals surface area contributed by atoms with E-state index < -0.39 is 29.9 Å². The highest BCUT2D eigenvalue weighted by Gasteiger charge is 2.38. The monoisotopic (exact) mass is 229 g/mol. The van der Waals surface area contributed by atoms with Gasteiger partial charge in [0.15, 0.2) is 0 Å². The van der Waals surface area contributed by atoms with Crippen molar-refractivity contribution in [3.63, 3.8) is 0 Å². The Hall–Kier alpha value is -1.63. The maximum absolute atomic E-state index is 11.4. The molecule has 0 spiro atoms. The third-order valence-corrected chi connectivity index (χ3v) is 2.42. The van der Waals surface area contributed by atoms with Gasteiger partial charge in [-0.15, -0.1) is 0 Å². The zero-order valence-electron chi connectivity index (χ0n) is 8.68. The molecule has 7 nitrogen and oxygen atoms in total. The minimum atomic E-state index is -1.09. The van der Waals surface area contributed by atoms with Crippen molar-refractivity contribution in [1.29, 1.82) is 0 Å². The van der Waals surface area contributed by atoms with Crippen molar-refractivity contribution >= 4 is 17.8 Å². The first-order valence-corrected chi connectivity index (χ1v) is 4.99. The summed E-state index contributed by atoms with van der Waals surface area (Å²) in [4.78, 5) is 32.8. The quantitative estimate of drug-likeness (QED) is 0.424. The summed E-state index contributed by atoms with van der Waals surface area (Å²) in [5.41, 5.74) is 10.3. The molecule has 2 amide bonds. The summed E-state index contributed by atoms with van der Waals surface area (Å²) >= 11 is 0. The second-order valence-corrected chi connectivity index (χ2v) is 3.94. The van der Waals surface area contributed by atoms with Crippen LogP contribution in [0.1, 0.15) is 19.3 Å². The zero-order valence-corrected chi connectivity index (χ0v) is 8.68. The van der Waals surface area contributed by atoms with Crippen LogP contribution in [0.4, 0.5) is 0 Å². The van der Waals surface area contributed by atoms with Crippen LogP contribution in [0.5, 0.6) is 0 Å². The van der Waals surface area contributed by atoms with Gasteiger partial charge in [0.2, 0.25) is 11.8 Å². The molecule has 1 aliphatic carbocycles. The third kappa shape index (κ3) is 3.50. The number of carboxylic acids is 1. The van der Waals surface area contributed by atoms with E-state index in [1.807, 2.05) is 0 Å². The maximum atomic E-state index is 11.4. The fourth-order valence-electron chi connectivity index (χ4n) is 1.38.